The first-order valence-corrected chi connectivity index (χ1v) is 11.6. The topological polar surface area (TPSA) is 119 Å². The summed E-state index contributed by atoms with van der Waals surface area (Å²) in [5.41, 5.74) is 0.665. The molecular weight excluding hydrogens is 451 g/mol. The summed E-state index contributed by atoms with van der Waals surface area (Å²) in [6, 6.07) is 6.92. The van der Waals surface area contributed by atoms with Crippen LogP contribution in [0.3, 0.4) is 0 Å². The first-order chi connectivity index (χ1) is 15.4. The lowest BCUT2D eigenvalue weighted by Crippen LogP contribution is -2.33. The number of rotatable bonds is 6. The molecule has 2 heterocycles. The van der Waals surface area contributed by atoms with Crippen LogP contribution >= 0.6 is 0 Å². The van der Waals surface area contributed by atoms with Crippen molar-refractivity contribution >= 4 is 32.9 Å². The second-order valence-electron chi connectivity index (χ2n) is 8.32. The maximum absolute atomic E-state index is 13.9. The monoisotopic (exact) mass is 476 g/mol. The zero-order valence-electron chi connectivity index (χ0n) is 18.7. The highest BCUT2D eigenvalue weighted by Gasteiger charge is 2.22. The first kappa shape index (κ1) is 24.3. The molecule has 0 aliphatic heterocycles. The van der Waals surface area contributed by atoms with E-state index in [-0.39, 0.29) is 24.0 Å². The molecule has 0 radical (unpaired) electrons. The molecule has 9 nitrogen and oxygen atoms in total. The van der Waals surface area contributed by atoms with Crippen molar-refractivity contribution in [2.75, 3.05) is 13.1 Å². The van der Waals surface area contributed by atoms with Gasteiger partial charge in [0.25, 0.3) is 10.0 Å². The molecule has 0 aliphatic carbocycles. The van der Waals surface area contributed by atoms with E-state index in [1.54, 1.807) is 26.8 Å². The van der Waals surface area contributed by atoms with E-state index in [4.69, 9.17) is 4.74 Å². The van der Waals surface area contributed by atoms with Crippen LogP contribution < -0.4 is 10.0 Å². The van der Waals surface area contributed by atoms with Crippen LogP contribution in [0.2, 0.25) is 0 Å². The molecule has 33 heavy (non-hydrogen) atoms. The number of fused-ring (bicyclic) bond motifs is 1. The van der Waals surface area contributed by atoms with Gasteiger partial charge in [0.15, 0.2) is 5.03 Å². The van der Waals surface area contributed by atoms with E-state index >= 15 is 0 Å². The van der Waals surface area contributed by atoms with Crippen LogP contribution in [0, 0.1) is 5.82 Å². The molecule has 0 bridgehead atoms. The van der Waals surface area contributed by atoms with E-state index in [1.807, 2.05) is 0 Å². The van der Waals surface area contributed by atoms with Crippen molar-refractivity contribution in [1.82, 2.24) is 19.6 Å². The van der Waals surface area contributed by atoms with Gasteiger partial charge in [0.1, 0.15) is 11.4 Å². The van der Waals surface area contributed by atoms with Gasteiger partial charge in [-0.3, -0.25) is 9.36 Å². The largest absolute Gasteiger partial charge is 0.443 e. The van der Waals surface area contributed by atoms with Crippen LogP contribution in [-0.2, 0) is 19.6 Å². The second kappa shape index (κ2) is 9.28. The molecule has 1 aromatic carbocycles. The fourth-order valence-electron chi connectivity index (χ4n) is 3.09. The van der Waals surface area contributed by atoms with Crippen molar-refractivity contribution in [2.45, 2.75) is 38.3 Å². The van der Waals surface area contributed by atoms with E-state index in [0.717, 1.165) is 0 Å². The molecule has 0 saturated carbocycles. The minimum Gasteiger partial charge on any atom is -0.443 e. The van der Waals surface area contributed by atoms with Gasteiger partial charge in [-0.25, -0.2) is 27.3 Å². The summed E-state index contributed by atoms with van der Waals surface area (Å²) in [7, 11) is -3.88. The summed E-state index contributed by atoms with van der Waals surface area (Å²) >= 11 is 0. The standard InChI is InChI=1S/C22H25FN4O5S/c1-14(28)24-9-10-26-33(30,31)20-8-5-15(12-25-20)18-13-27(21(29)32-22(2,3)4)19-11-16(23)6-7-17(18)19/h5-8,11-13,26H,9-10H2,1-4H3,(H,24,28). The zero-order valence-corrected chi connectivity index (χ0v) is 19.5. The number of nitrogens with one attached hydrogen (secondary N) is 2. The number of pyridine rings is 1. The Labute approximate surface area is 191 Å². The third kappa shape index (κ3) is 5.93. The predicted octanol–water partition coefficient (Wildman–Crippen LogP) is 3.04. The van der Waals surface area contributed by atoms with Gasteiger partial charge < -0.3 is 10.1 Å². The summed E-state index contributed by atoms with van der Waals surface area (Å²) in [5.74, 6) is -0.774. The number of hydrogen-bond donors (Lipinski definition) is 2. The Kier molecular flexibility index (Phi) is 6.84. The van der Waals surface area contributed by atoms with Crippen molar-refractivity contribution in [3.63, 3.8) is 0 Å². The second-order valence-corrected chi connectivity index (χ2v) is 10.0. The number of nitrogens with zero attached hydrogens (tertiary/aromatic N) is 2. The van der Waals surface area contributed by atoms with Crippen molar-refractivity contribution in [1.29, 1.82) is 0 Å². The molecule has 0 fully saturated rings. The van der Waals surface area contributed by atoms with E-state index in [1.165, 1.54) is 48.1 Å². The fraction of sp³-hybridized carbons (Fsp3) is 0.318. The Balaban J connectivity index is 1.92. The third-order valence-electron chi connectivity index (χ3n) is 4.47. The molecule has 3 aromatic rings. The summed E-state index contributed by atoms with van der Waals surface area (Å²) in [5, 5.41) is 2.87. The van der Waals surface area contributed by atoms with Crippen LogP contribution in [0.1, 0.15) is 27.7 Å². The van der Waals surface area contributed by atoms with Gasteiger partial charge in [-0.05, 0) is 51.1 Å². The minimum absolute atomic E-state index is 0.0142. The highest BCUT2D eigenvalue weighted by atomic mass is 32.2. The number of aromatic nitrogens is 2. The van der Waals surface area contributed by atoms with Crippen LogP contribution in [0.5, 0.6) is 0 Å². The Morgan fingerprint density at radius 2 is 1.88 bits per heavy atom. The SMILES string of the molecule is CC(=O)NCCNS(=O)(=O)c1ccc(-c2cn(C(=O)OC(C)(C)C)c3cc(F)ccc23)cn1. The Bertz CT molecular complexity index is 1290. The summed E-state index contributed by atoms with van der Waals surface area (Å²) in [4.78, 5) is 27.6. The van der Waals surface area contributed by atoms with E-state index in [2.05, 4.69) is 15.0 Å². The number of carbonyl (C=O) groups excluding carboxylic acids is 2. The van der Waals surface area contributed by atoms with Crippen LogP contribution in [0.15, 0.2) is 47.8 Å². The molecule has 0 unspecified atom stereocenters. The lowest BCUT2D eigenvalue weighted by molar-refractivity contribution is -0.118. The lowest BCUT2D eigenvalue weighted by atomic mass is 10.1. The number of carbonyl (C=O) groups is 2. The van der Waals surface area contributed by atoms with Crippen molar-refractivity contribution in [2.24, 2.45) is 0 Å². The Morgan fingerprint density at radius 3 is 2.48 bits per heavy atom. The minimum atomic E-state index is -3.88. The van der Waals surface area contributed by atoms with Crippen molar-refractivity contribution in [3.05, 3.63) is 48.5 Å². The lowest BCUT2D eigenvalue weighted by Gasteiger charge is -2.19. The molecule has 0 aliphatic rings. The molecule has 3 rings (SSSR count). The van der Waals surface area contributed by atoms with Gasteiger partial charge in [-0.1, -0.05) is 0 Å². The van der Waals surface area contributed by atoms with Crippen molar-refractivity contribution < 1.29 is 27.1 Å². The summed E-state index contributed by atoms with van der Waals surface area (Å²) in [6.07, 6.45) is 2.20. The maximum Gasteiger partial charge on any atom is 0.419 e. The van der Waals surface area contributed by atoms with Crippen molar-refractivity contribution in [3.8, 4) is 11.1 Å². The normalized spacial score (nSPS) is 12.0. The maximum atomic E-state index is 13.9. The number of halogens is 1. The highest BCUT2D eigenvalue weighted by Crippen LogP contribution is 2.32. The van der Waals surface area contributed by atoms with Gasteiger partial charge in [0, 0.05) is 48.9 Å². The highest BCUT2D eigenvalue weighted by molar-refractivity contribution is 7.89. The fourth-order valence-corrected chi connectivity index (χ4v) is 4.05. The molecule has 0 spiro atoms. The summed E-state index contributed by atoms with van der Waals surface area (Å²) < 4.78 is 47.7. The van der Waals surface area contributed by atoms with Gasteiger partial charge in [-0.2, -0.15) is 0 Å². The number of hydrogen-bond acceptors (Lipinski definition) is 6. The van der Waals surface area contributed by atoms with E-state index in [0.29, 0.717) is 22.0 Å². The number of benzene rings is 1. The molecule has 176 valence electrons. The zero-order chi connectivity index (χ0) is 24.4. The number of ether oxygens (including phenoxy) is 1. The van der Waals surface area contributed by atoms with E-state index < -0.39 is 27.5 Å². The van der Waals surface area contributed by atoms with Gasteiger partial charge >= 0.3 is 6.09 Å². The molecule has 11 heteroatoms. The Morgan fingerprint density at radius 1 is 1.15 bits per heavy atom. The van der Waals surface area contributed by atoms with Gasteiger partial charge in [0.05, 0.1) is 5.52 Å². The molecule has 0 atom stereocenters. The van der Waals surface area contributed by atoms with Crippen LogP contribution in [0.4, 0.5) is 9.18 Å². The molecule has 2 N–H and O–H groups in total. The first-order valence-electron chi connectivity index (χ1n) is 10.1. The summed E-state index contributed by atoms with van der Waals surface area (Å²) in [6.45, 7) is 6.68. The average Bonchev–Trinajstić information content (AvgIpc) is 3.09. The Hall–Kier alpha value is -3.31. The molecular formula is C22H25FN4O5S. The smallest absolute Gasteiger partial charge is 0.419 e. The quantitative estimate of drug-likeness (QED) is 0.528. The molecule has 0 saturated heterocycles. The average molecular weight is 477 g/mol. The van der Waals surface area contributed by atoms with Gasteiger partial charge in [0.2, 0.25) is 5.91 Å². The van der Waals surface area contributed by atoms with E-state index in [9.17, 15) is 22.4 Å². The van der Waals surface area contributed by atoms with Crippen LogP contribution in [0.25, 0.3) is 22.0 Å². The molecule has 2 aromatic heterocycles. The predicted molar refractivity (Wildman–Crippen MR) is 121 cm³/mol. The van der Waals surface area contributed by atoms with Crippen LogP contribution in [-0.4, -0.2) is 48.7 Å². The molecule has 1 amide bonds. The number of amides is 1. The number of sulfonamides is 1. The third-order valence-corrected chi connectivity index (χ3v) is 5.85. The van der Waals surface area contributed by atoms with Gasteiger partial charge in [-0.15, -0.1) is 0 Å².